The Hall–Kier alpha value is -2.40. The summed E-state index contributed by atoms with van der Waals surface area (Å²) < 4.78 is 0. The summed E-state index contributed by atoms with van der Waals surface area (Å²) in [6.07, 6.45) is 1.51. The van der Waals surface area contributed by atoms with Crippen molar-refractivity contribution in [1.29, 1.82) is 0 Å². The van der Waals surface area contributed by atoms with Crippen molar-refractivity contribution in [2.45, 2.75) is 19.8 Å². The molecule has 20 heavy (non-hydrogen) atoms. The zero-order chi connectivity index (χ0) is 14.5. The number of nitrogens with two attached hydrogens (primary N) is 1. The van der Waals surface area contributed by atoms with Crippen LogP contribution >= 0.6 is 0 Å². The number of carbonyl (C=O) groups is 1. The van der Waals surface area contributed by atoms with Crippen molar-refractivity contribution in [3.63, 3.8) is 0 Å². The van der Waals surface area contributed by atoms with Crippen LogP contribution in [0.1, 0.15) is 35.8 Å². The van der Waals surface area contributed by atoms with Crippen LogP contribution < -0.4 is 16.6 Å². The Morgan fingerprint density at radius 1 is 1.10 bits per heavy atom. The Labute approximate surface area is 118 Å². The number of nitrogens with one attached hydrogen (secondary N) is 2. The summed E-state index contributed by atoms with van der Waals surface area (Å²) in [5.41, 5.74) is 5.45. The smallest absolute Gasteiger partial charge is 0.274 e. The van der Waals surface area contributed by atoms with Gasteiger partial charge in [-0.2, -0.15) is 0 Å². The van der Waals surface area contributed by atoms with Crippen LogP contribution in [-0.4, -0.2) is 10.9 Å². The SMILES string of the molecule is CC(C)c1ccc(NC(=O)c2ccc(NN)cn2)cc1. The quantitative estimate of drug-likeness (QED) is 0.589. The predicted molar refractivity (Wildman–Crippen MR) is 80.5 cm³/mol. The van der Waals surface area contributed by atoms with E-state index in [4.69, 9.17) is 5.84 Å². The second-order valence-corrected chi connectivity index (χ2v) is 4.81. The fraction of sp³-hybridized carbons (Fsp3) is 0.200. The summed E-state index contributed by atoms with van der Waals surface area (Å²) >= 11 is 0. The molecule has 0 unspecified atom stereocenters. The highest BCUT2D eigenvalue weighted by molar-refractivity contribution is 6.02. The fourth-order valence-corrected chi connectivity index (χ4v) is 1.76. The van der Waals surface area contributed by atoms with Crippen molar-refractivity contribution in [2.24, 2.45) is 5.84 Å². The van der Waals surface area contributed by atoms with Gasteiger partial charge in [-0.3, -0.25) is 10.6 Å². The largest absolute Gasteiger partial charge is 0.323 e. The molecular weight excluding hydrogens is 252 g/mol. The Kier molecular flexibility index (Phi) is 4.32. The molecule has 5 heteroatoms. The maximum absolute atomic E-state index is 12.0. The Morgan fingerprint density at radius 3 is 2.25 bits per heavy atom. The van der Waals surface area contributed by atoms with E-state index in [0.717, 1.165) is 5.69 Å². The third kappa shape index (κ3) is 3.33. The predicted octanol–water partition coefficient (Wildman–Crippen LogP) is 2.74. The zero-order valence-corrected chi connectivity index (χ0v) is 11.6. The molecule has 0 saturated carbocycles. The van der Waals surface area contributed by atoms with Gasteiger partial charge < -0.3 is 10.7 Å². The minimum Gasteiger partial charge on any atom is -0.323 e. The van der Waals surface area contributed by atoms with Crippen LogP contribution in [0.4, 0.5) is 11.4 Å². The first kappa shape index (κ1) is 14.0. The van der Waals surface area contributed by atoms with E-state index in [-0.39, 0.29) is 5.91 Å². The molecule has 0 atom stereocenters. The normalized spacial score (nSPS) is 10.4. The second-order valence-electron chi connectivity index (χ2n) is 4.81. The van der Waals surface area contributed by atoms with Crippen LogP contribution in [-0.2, 0) is 0 Å². The topological polar surface area (TPSA) is 80.0 Å². The van der Waals surface area contributed by atoms with Crippen molar-refractivity contribution in [3.05, 3.63) is 53.9 Å². The number of aromatic nitrogens is 1. The number of pyridine rings is 1. The maximum Gasteiger partial charge on any atom is 0.274 e. The minimum atomic E-state index is -0.245. The monoisotopic (exact) mass is 270 g/mol. The molecule has 0 radical (unpaired) electrons. The molecule has 104 valence electrons. The first-order valence-electron chi connectivity index (χ1n) is 6.44. The molecule has 0 aliphatic carbocycles. The lowest BCUT2D eigenvalue weighted by molar-refractivity contribution is 0.102. The van der Waals surface area contributed by atoms with Crippen molar-refractivity contribution < 1.29 is 4.79 Å². The van der Waals surface area contributed by atoms with Gasteiger partial charge in [-0.1, -0.05) is 26.0 Å². The van der Waals surface area contributed by atoms with E-state index in [1.54, 1.807) is 12.1 Å². The Balaban J connectivity index is 2.06. The number of hydrogen-bond acceptors (Lipinski definition) is 4. The van der Waals surface area contributed by atoms with E-state index in [1.165, 1.54) is 11.8 Å². The summed E-state index contributed by atoms with van der Waals surface area (Å²) in [6.45, 7) is 4.26. The molecule has 0 fully saturated rings. The van der Waals surface area contributed by atoms with Crippen LogP contribution in [0, 0.1) is 0 Å². The molecule has 0 aliphatic rings. The van der Waals surface area contributed by atoms with Crippen LogP contribution in [0.5, 0.6) is 0 Å². The maximum atomic E-state index is 12.0. The van der Waals surface area contributed by atoms with E-state index in [1.807, 2.05) is 24.3 Å². The number of rotatable bonds is 4. The van der Waals surface area contributed by atoms with Crippen LogP contribution in [0.2, 0.25) is 0 Å². The molecule has 1 aromatic carbocycles. The number of amides is 1. The molecule has 4 N–H and O–H groups in total. The molecule has 5 nitrogen and oxygen atoms in total. The van der Waals surface area contributed by atoms with Crippen LogP contribution in [0.3, 0.4) is 0 Å². The van der Waals surface area contributed by atoms with Gasteiger partial charge in [0.2, 0.25) is 0 Å². The third-order valence-electron chi connectivity index (χ3n) is 3.00. The minimum absolute atomic E-state index is 0.245. The molecule has 1 aromatic heterocycles. The van der Waals surface area contributed by atoms with Gasteiger partial charge in [0, 0.05) is 5.69 Å². The van der Waals surface area contributed by atoms with E-state index in [9.17, 15) is 4.79 Å². The summed E-state index contributed by atoms with van der Waals surface area (Å²) in [6, 6.07) is 11.1. The average molecular weight is 270 g/mol. The number of nitrogens with zero attached hydrogens (tertiary/aromatic N) is 1. The van der Waals surface area contributed by atoms with Crippen molar-refractivity contribution in [1.82, 2.24) is 4.98 Å². The van der Waals surface area contributed by atoms with Gasteiger partial charge >= 0.3 is 0 Å². The molecule has 2 aromatic rings. The lowest BCUT2D eigenvalue weighted by Gasteiger charge is -2.08. The van der Waals surface area contributed by atoms with E-state index >= 15 is 0 Å². The number of hydrazine groups is 1. The van der Waals surface area contributed by atoms with Crippen molar-refractivity contribution in [3.8, 4) is 0 Å². The fourth-order valence-electron chi connectivity index (χ4n) is 1.76. The molecule has 0 bridgehead atoms. The van der Waals surface area contributed by atoms with Gasteiger partial charge in [-0.05, 0) is 35.7 Å². The highest BCUT2D eigenvalue weighted by Crippen LogP contribution is 2.17. The summed E-state index contributed by atoms with van der Waals surface area (Å²) in [5.74, 6) is 5.47. The van der Waals surface area contributed by atoms with E-state index < -0.39 is 0 Å². The first-order valence-corrected chi connectivity index (χ1v) is 6.44. The number of hydrogen-bond donors (Lipinski definition) is 3. The van der Waals surface area contributed by atoms with Crippen LogP contribution in [0.25, 0.3) is 0 Å². The number of benzene rings is 1. The van der Waals surface area contributed by atoms with E-state index in [2.05, 4.69) is 29.6 Å². The summed E-state index contributed by atoms with van der Waals surface area (Å²) in [5, 5.41) is 2.81. The summed E-state index contributed by atoms with van der Waals surface area (Å²) in [4.78, 5) is 16.0. The second kappa shape index (κ2) is 6.16. The van der Waals surface area contributed by atoms with Crippen molar-refractivity contribution in [2.75, 3.05) is 10.7 Å². The molecular formula is C15H18N4O. The number of carbonyl (C=O) groups excluding carboxylic acids is 1. The molecule has 1 heterocycles. The Bertz CT molecular complexity index is 576. The first-order chi connectivity index (χ1) is 9.60. The molecule has 0 aliphatic heterocycles. The van der Waals surface area contributed by atoms with Gasteiger partial charge in [0.05, 0.1) is 11.9 Å². The molecule has 1 amide bonds. The number of nitrogen functional groups attached to an aromatic ring is 1. The molecule has 2 rings (SSSR count). The lowest BCUT2D eigenvalue weighted by atomic mass is 10.0. The van der Waals surface area contributed by atoms with E-state index in [0.29, 0.717) is 17.3 Å². The highest BCUT2D eigenvalue weighted by atomic mass is 16.1. The van der Waals surface area contributed by atoms with Gasteiger partial charge in [-0.25, -0.2) is 4.98 Å². The standard InChI is InChI=1S/C15H18N4O/c1-10(2)11-3-5-12(6-4-11)18-15(20)14-8-7-13(19-16)9-17-14/h3-10,19H,16H2,1-2H3,(H,18,20). The lowest BCUT2D eigenvalue weighted by Crippen LogP contribution is -2.14. The van der Waals surface area contributed by atoms with Crippen molar-refractivity contribution >= 4 is 17.3 Å². The average Bonchev–Trinajstić information content (AvgIpc) is 2.48. The third-order valence-corrected chi connectivity index (χ3v) is 3.00. The summed E-state index contributed by atoms with van der Waals surface area (Å²) in [7, 11) is 0. The Morgan fingerprint density at radius 2 is 1.75 bits per heavy atom. The van der Waals surface area contributed by atoms with Gasteiger partial charge in [0.15, 0.2) is 0 Å². The van der Waals surface area contributed by atoms with Gasteiger partial charge in [0.1, 0.15) is 5.69 Å². The molecule has 0 saturated heterocycles. The highest BCUT2D eigenvalue weighted by Gasteiger charge is 2.07. The zero-order valence-electron chi connectivity index (χ0n) is 11.6. The number of anilines is 2. The van der Waals surface area contributed by atoms with Gasteiger partial charge in [0.25, 0.3) is 5.91 Å². The molecule has 0 spiro atoms. The van der Waals surface area contributed by atoms with Gasteiger partial charge in [-0.15, -0.1) is 0 Å². The van der Waals surface area contributed by atoms with Crippen LogP contribution in [0.15, 0.2) is 42.6 Å².